The molecular formula is C20H20FNO3S2. The summed E-state index contributed by atoms with van der Waals surface area (Å²) in [5.74, 6) is 0.403. The molecule has 142 valence electrons. The van der Waals surface area contributed by atoms with Crippen molar-refractivity contribution in [3.8, 4) is 5.75 Å². The number of halogens is 1. The Bertz CT molecular complexity index is 830. The zero-order valence-corrected chi connectivity index (χ0v) is 16.5. The predicted molar refractivity (Wildman–Crippen MR) is 108 cm³/mol. The largest absolute Gasteiger partial charge is 0.489 e. The molecule has 1 heterocycles. The number of nitrogens with zero attached hydrogens (tertiary/aromatic N) is 1. The number of hydrogen-bond donors (Lipinski definition) is 0. The number of para-hydroxylation sites is 1. The molecule has 1 amide bonds. The number of carbonyl (C=O) groups is 1. The van der Waals surface area contributed by atoms with Gasteiger partial charge >= 0.3 is 0 Å². The number of benzene rings is 2. The standard InChI is InChI=1S/C20H20FNO3S2/c1-24-10-9-22-19(23)18(27-20(22)26)12-15-6-2-3-8-17(15)25-13-14-5-4-7-16(21)11-14/h2-8,11,18H,9-10,12-13H2,1H3/t18-/m0/s1. The van der Waals surface area contributed by atoms with Gasteiger partial charge in [-0.3, -0.25) is 9.69 Å². The Morgan fingerprint density at radius 2 is 2.04 bits per heavy atom. The van der Waals surface area contributed by atoms with Crippen molar-refractivity contribution in [2.75, 3.05) is 20.3 Å². The Labute approximate surface area is 167 Å². The second-order valence-corrected chi connectivity index (χ2v) is 7.92. The van der Waals surface area contributed by atoms with Crippen molar-refractivity contribution in [2.45, 2.75) is 18.3 Å². The van der Waals surface area contributed by atoms with Gasteiger partial charge in [-0.15, -0.1) is 0 Å². The van der Waals surface area contributed by atoms with Gasteiger partial charge in [0.1, 0.15) is 22.5 Å². The average Bonchev–Trinajstić information content (AvgIpc) is 2.92. The van der Waals surface area contributed by atoms with Crippen LogP contribution >= 0.6 is 24.0 Å². The van der Waals surface area contributed by atoms with E-state index in [4.69, 9.17) is 21.7 Å². The number of methoxy groups -OCH3 is 1. The molecule has 27 heavy (non-hydrogen) atoms. The Balaban J connectivity index is 1.67. The third-order valence-electron chi connectivity index (χ3n) is 4.19. The summed E-state index contributed by atoms with van der Waals surface area (Å²) in [7, 11) is 1.60. The SMILES string of the molecule is COCCN1C(=O)[C@H](Cc2ccccc2OCc2cccc(F)c2)SC1=S. The maximum Gasteiger partial charge on any atom is 0.242 e. The first-order valence-corrected chi connectivity index (χ1v) is 9.83. The van der Waals surface area contributed by atoms with Crippen molar-refractivity contribution >= 4 is 34.2 Å². The van der Waals surface area contributed by atoms with E-state index in [1.54, 1.807) is 18.1 Å². The summed E-state index contributed by atoms with van der Waals surface area (Å²) >= 11 is 6.73. The Kier molecular flexibility index (Phi) is 6.82. The third-order valence-corrected chi connectivity index (χ3v) is 5.77. The van der Waals surface area contributed by atoms with Crippen LogP contribution in [-0.2, 0) is 22.6 Å². The van der Waals surface area contributed by atoms with Gasteiger partial charge in [-0.05, 0) is 35.7 Å². The van der Waals surface area contributed by atoms with Gasteiger partial charge in [0.05, 0.1) is 18.4 Å². The zero-order valence-electron chi connectivity index (χ0n) is 14.9. The van der Waals surface area contributed by atoms with Gasteiger partial charge < -0.3 is 9.47 Å². The number of rotatable bonds is 8. The van der Waals surface area contributed by atoms with Gasteiger partial charge in [0.2, 0.25) is 5.91 Å². The van der Waals surface area contributed by atoms with Crippen LogP contribution < -0.4 is 4.74 Å². The number of thiocarbonyl (C=S) groups is 1. The van der Waals surface area contributed by atoms with Gasteiger partial charge in [0.25, 0.3) is 0 Å². The van der Waals surface area contributed by atoms with Crippen molar-refractivity contribution in [1.82, 2.24) is 4.90 Å². The summed E-state index contributed by atoms with van der Waals surface area (Å²) < 4.78 is 24.8. The van der Waals surface area contributed by atoms with Crippen LogP contribution in [0.2, 0.25) is 0 Å². The fourth-order valence-electron chi connectivity index (χ4n) is 2.81. The van der Waals surface area contributed by atoms with E-state index in [1.807, 2.05) is 30.3 Å². The molecule has 1 aliphatic heterocycles. The minimum atomic E-state index is -0.290. The number of amides is 1. The molecule has 0 saturated carbocycles. The van der Waals surface area contributed by atoms with E-state index in [-0.39, 0.29) is 23.6 Å². The maximum absolute atomic E-state index is 13.3. The van der Waals surface area contributed by atoms with E-state index in [0.717, 1.165) is 11.1 Å². The van der Waals surface area contributed by atoms with Crippen molar-refractivity contribution in [3.05, 3.63) is 65.5 Å². The molecule has 0 aliphatic carbocycles. The monoisotopic (exact) mass is 405 g/mol. The molecule has 0 radical (unpaired) electrons. The lowest BCUT2D eigenvalue weighted by Gasteiger charge is -2.16. The highest BCUT2D eigenvalue weighted by Crippen LogP contribution is 2.32. The van der Waals surface area contributed by atoms with Gasteiger partial charge in [-0.1, -0.05) is 54.3 Å². The highest BCUT2D eigenvalue weighted by Gasteiger charge is 2.36. The third kappa shape index (κ3) is 5.06. The molecule has 7 heteroatoms. The van der Waals surface area contributed by atoms with Crippen LogP contribution in [0.3, 0.4) is 0 Å². The smallest absolute Gasteiger partial charge is 0.242 e. The van der Waals surface area contributed by atoms with Crippen LogP contribution in [0.1, 0.15) is 11.1 Å². The number of carbonyl (C=O) groups excluding carboxylic acids is 1. The summed E-state index contributed by atoms with van der Waals surface area (Å²) in [6.07, 6.45) is 0.520. The van der Waals surface area contributed by atoms with Gasteiger partial charge in [0.15, 0.2) is 0 Å². The molecule has 0 unspecified atom stereocenters. The molecule has 0 aromatic heterocycles. The first-order chi connectivity index (χ1) is 13.1. The summed E-state index contributed by atoms with van der Waals surface area (Å²) in [5.41, 5.74) is 1.68. The molecule has 1 saturated heterocycles. The maximum atomic E-state index is 13.3. The number of ether oxygens (including phenoxy) is 2. The van der Waals surface area contributed by atoms with Crippen LogP contribution in [0, 0.1) is 5.82 Å². The number of thioether (sulfide) groups is 1. The summed E-state index contributed by atoms with van der Waals surface area (Å²) in [4.78, 5) is 14.2. The summed E-state index contributed by atoms with van der Waals surface area (Å²) in [6.45, 7) is 1.18. The van der Waals surface area contributed by atoms with Crippen molar-refractivity contribution in [3.63, 3.8) is 0 Å². The second kappa shape index (κ2) is 9.30. The van der Waals surface area contributed by atoms with Crippen molar-refractivity contribution < 1.29 is 18.7 Å². The van der Waals surface area contributed by atoms with E-state index in [9.17, 15) is 9.18 Å². The molecule has 0 bridgehead atoms. The minimum absolute atomic E-state index is 0.00184. The van der Waals surface area contributed by atoms with E-state index < -0.39 is 0 Å². The highest BCUT2D eigenvalue weighted by atomic mass is 32.2. The van der Waals surface area contributed by atoms with Gasteiger partial charge in [-0.25, -0.2) is 4.39 Å². The van der Waals surface area contributed by atoms with Crippen molar-refractivity contribution in [2.24, 2.45) is 0 Å². The zero-order chi connectivity index (χ0) is 19.2. The lowest BCUT2D eigenvalue weighted by Crippen LogP contribution is -2.34. The first kappa shape index (κ1) is 19.8. The van der Waals surface area contributed by atoms with E-state index in [1.165, 1.54) is 23.9 Å². The minimum Gasteiger partial charge on any atom is -0.489 e. The topological polar surface area (TPSA) is 38.8 Å². The molecule has 3 rings (SSSR count). The predicted octanol–water partition coefficient (Wildman–Crippen LogP) is 3.82. The second-order valence-electron chi connectivity index (χ2n) is 6.09. The first-order valence-electron chi connectivity index (χ1n) is 8.54. The number of hydrogen-bond acceptors (Lipinski definition) is 5. The summed E-state index contributed by atoms with van der Waals surface area (Å²) in [5, 5.41) is -0.270. The Morgan fingerprint density at radius 1 is 1.22 bits per heavy atom. The highest BCUT2D eigenvalue weighted by molar-refractivity contribution is 8.24. The molecule has 2 aromatic rings. The Morgan fingerprint density at radius 3 is 2.81 bits per heavy atom. The van der Waals surface area contributed by atoms with E-state index in [2.05, 4.69) is 0 Å². The molecule has 1 fully saturated rings. The van der Waals surface area contributed by atoms with Gasteiger partial charge in [0, 0.05) is 7.11 Å². The molecule has 1 atom stereocenters. The fourth-order valence-corrected chi connectivity index (χ4v) is 4.39. The molecule has 2 aromatic carbocycles. The molecular weight excluding hydrogens is 385 g/mol. The average molecular weight is 406 g/mol. The van der Waals surface area contributed by atoms with Gasteiger partial charge in [-0.2, -0.15) is 0 Å². The van der Waals surface area contributed by atoms with Crippen LogP contribution in [0.5, 0.6) is 5.75 Å². The van der Waals surface area contributed by atoms with E-state index in [0.29, 0.717) is 29.6 Å². The lowest BCUT2D eigenvalue weighted by molar-refractivity contribution is -0.126. The van der Waals surface area contributed by atoms with Crippen molar-refractivity contribution in [1.29, 1.82) is 0 Å². The molecule has 0 spiro atoms. The van der Waals surface area contributed by atoms with Crippen LogP contribution in [-0.4, -0.2) is 40.6 Å². The normalized spacial score (nSPS) is 16.8. The quantitative estimate of drug-likeness (QED) is 0.625. The fraction of sp³-hybridized carbons (Fsp3) is 0.300. The van der Waals surface area contributed by atoms with Crippen LogP contribution in [0.15, 0.2) is 48.5 Å². The lowest BCUT2D eigenvalue weighted by atomic mass is 10.1. The van der Waals surface area contributed by atoms with Crippen LogP contribution in [0.25, 0.3) is 0 Å². The van der Waals surface area contributed by atoms with Crippen LogP contribution in [0.4, 0.5) is 4.39 Å². The molecule has 0 N–H and O–H groups in total. The molecule has 4 nitrogen and oxygen atoms in total. The van der Waals surface area contributed by atoms with E-state index >= 15 is 0 Å². The Hall–Kier alpha value is -1.96. The molecule has 1 aliphatic rings. The summed E-state index contributed by atoms with van der Waals surface area (Å²) in [6, 6.07) is 13.9.